The minimum Gasteiger partial charge on any atom is -0.462 e. The molecule has 0 fully saturated rings. The lowest BCUT2D eigenvalue weighted by atomic mass is 10.0. The van der Waals surface area contributed by atoms with Gasteiger partial charge >= 0.3 is 17.9 Å². The van der Waals surface area contributed by atoms with E-state index in [9.17, 15) is 14.4 Å². The Morgan fingerprint density at radius 3 is 0.765 bits per heavy atom. The number of hydrogen-bond acceptors (Lipinski definition) is 6. The molecule has 0 saturated carbocycles. The van der Waals surface area contributed by atoms with E-state index >= 15 is 0 Å². The predicted octanol–water partition coefficient (Wildman–Crippen LogP) is 23.3. The number of ether oxygens (including phenoxy) is 3. The molecule has 6 heteroatoms. The van der Waals surface area contributed by atoms with Crippen molar-refractivity contribution in [2.45, 2.75) is 309 Å². The van der Waals surface area contributed by atoms with Gasteiger partial charge in [0.2, 0.25) is 0 Å². The first kappa shape index (κ1) is 76.5. The molecule has 0 aromatic rings. The maximum Gasteiger partial charge on any atom is 0.306 e. The van der Waals surface area contributed by atoms with Crippen molar-refractivity contribution in [2.24, 2.45) is 0 Å². The first-order valence-corrected chi connectivity index (χ1v) is 33.7. The van der Waals surface area contributed by atoms with Crippen LogP contribution in [-0.4, -0.2) is 37.2 Å². The minimum atomic E-state index is -0.799. The van der Waals surface area contributed by atoms with Gasteiger partial charge in [-0.25, -0.2) is 0 Å². The van der Waals surface area contributed by atoms with E-state index in [1.165, 1.54) is 116 Å². The standard InChI is InChI=1S/C75H124O6/c1-4-7-10-13-16-19-22-25-28-30-32-34-35-36-37-38-39-41-42-44-47-50-53-56-59-62-65-68-74(77)80-71-72(70-79-73(76)67-64-61-58-55-52-49-46-27-24-21-18-15-12-9-6-3)81-75(78)69-66-63-60-57-54-51-48-45-43-40-33-31-29-26-23-20-17-14-11-8-5-2/h7-8,10-11,16-17,19-20,25-29,32-34,36-37,40,45-46,48,72H,4-6,9,12-15,18,21-24,30-31,35,38-39,41-44,47,49-71H2,1-3H3/b10-7-,11-8-,19-16-,20-17-,28-25-,29-26-,34-32-,37-36-,40-33-,46-27-,48-45-. The number of carbonyl (C=O) groups is 3. The Morgan fingerprint density at radius 2 is 0.481 bits per heavy atom. The first-order valence-electron chi connectivity index (χ1n) is 33.7. The normalized spacial score (nSPS) is 13.0. The fraction of sp³-hybridized carbons (Fsp3) is 0.667. The van der Waals surface area contributed by atoms with Crippen LogP contribution in [0.2, 0.25) is 0 Å². The van der Waals surface area contributed by atoms with Gasteiger partial charge in [0, 0.05) is 19.3 Å². The number of carbonyl (C=O) groups excluding carboxylic acids is 3. The van der Waals surface area contributed by atoms with E-state index in [1.807, 2.05) is 0 Å². The molecule has 0 aliphatic heterocycles. The quantitative estimate of drug-likeness (QED) is 0.0261. The smallest absolute Gasteiger partial charge is 0.306 e. The van der Waals surface area contributed by atoms with E-state index in [0.717, 1.165) is 148 Å². The summed E-state index contributed by atoms with van der Waals surface area (Å²) in [6.07, 6.45) is 96.0. The van der Waals surface area contributed by atoms with Crippen molar-refractivity contribution in [3.63, 3.8) is 0 Å². The Kier molecular flexibility index (Phi) is 64.3. The molecule has 81 heavy (non-hydrogen) atoms. The van der Waals surface area contributed by atoms with Crippen molar-refractivity contribution in [3.05, 3.63) is 134 Å². The van der Waals surface area contributed by atoms with Crippen LogP contribution in [0.3, 0.4) is 0 Å². The van der Waals surface area contributed by atoms with Crippen molar-refractivity contribution in [3.8, 4) is 0 Å². The van der Waals surface area contributed by atoms with Crippen molar-refractivity contribution in [2.75, 3.05) is 13.2 Å². The third kappa shape index (κ3) is 66.2. The van der Waals surface area contributed by atoms with Gasteiger partial charge in [0.05, 0.1) is 0 Å². The lowest BCUT2D eigenvalue weighted by molar-refractivity contribution is -0.167. The summed E-state index contributed by atoms with van der Waals surface area (Å²) in [6, 6.07) is 0. The summed E-state index contributed by atoms with van der Waals surface area (Å²) in [4.78, 5) is 38.4. The molecular weight excluding hydrogens is 997 g/mol. The summed E-state index contributed by atoms with van der Waals surface area (Å²) in [5.41, 5.74) is 0. The Morgan fingerprint density at radius 1 is 0.259 bits per heavy atom. The summed E-state index contributed by atoms with van der Waals surface area (Å²) >= 11 is 0. The van der Waals surface area contributed by atoms with Crippen LogP contribution in [0.4, 0.5) is 0 Å². The topological polar surface area (TPSA) is 78.9 Å². The molecule has 0 radical (unpaired) electrons. The molecule has 0 bridgehead atoms. The first-order chi connectivity index (χ1) is 40.0. The van der Waals surface area contributed by atoms with Crippen molar-refractivity contribution in [1.82, 2.24) is 0 Å². The Hall–Kier alpha value is -4.45. The second kappa shape index (κ2) is 68.1. The van der Waals surface area contributed by atoms with Crippen LogP contribution in [0, 0.1) is 0 Å². The van der Waals surface area contributed by atoms with Gasteiger partial charge in [-0.05, 0) is 135 Å². The largest absolute Gasteiger partial charge is 0.462 e. The highest BCUT2D eigenvalue weighted by atomic mass is 16.6. The van der Waals surface area contributed by atoms with Crippen molar-refractivity contribution < 1.29 is 28.6 Å². The highest BCUT2D eigenvalue weighted by Gasteiger charge is 2.19. The number of unbranched alkanes of at least 4 members (excludes halogenated alkanes) is 27. The van der Waals surface area contributed by atoms with Gasteiger partial charge in [-0.1, -0.05) is 283 Å². The van der Waals surface area contributed by atoms with Gasteiger partial charge in [0.25, 0.3) is 0 Å². The molecule has 0 aliphatic rings. The summed E-state index contributed by atoms with van der Waals surface area (Å²) in [5, 5.41) is 0. The molecule has 0 rings (SSSR count). The van der Waals surface area contributed by atoms with Gasteiger partial charge in [-0.2, -0.15) is 0 Å². The van der Waals surface area contributed by atoms with Gasteiger partial charge in [0.1, 0.15) is 13.2 Å². The molecule has 6 nitrogen and oxygen atoms in total. The SMILES string of the molecule is CC/C=C\C/C=C\C/C=C\C/C=C\C/C=C\CCCCCCCCCCCCCC(=O)OCC(COC(=O)CCCCCCC/C=C\CCCCCCCC)OC(=O)CCCCCCC/C=C\C/C=C\C/C=C\C/C=C\C/C=C\CC. The Bertz CT molecular complexity index is 1720. The van der Waals surface area contributed by atoms with Gasteiger partial charge < -0.3 is 14.2 Å². The average molecular weight is 1120 g/mol. The molecule has 0 aliphatic carbocycles. The van der Waals surface area contributed by atoms with E-state index in [4.69, 9.17) is 14.2 Å². The second-order valence-electron chi connectivity index (χ2n) is 22.0. The van der Waals surface area contributed by atoms with Crippen LogP contribution in [0.5, 0.6) is 0 Å². The van der Waals surface area contributed by atoms with Crippen molar-refractivity contribution in [1.29, 1.82) is 0 Å². The molecule has 0 aromatic carbocycles. The third-order valence-corrected chi connectivity index (χ3v) is 14.1. The molecule has 460 valence electrons. The summed E-state index contributed by atoms with van der Waals surface area (Å²) in [6.45, 7) is 6.40. The minimum absolute atomic E-state index is 0.0928. The summed E-state index contributed by atoms with van der Waals surface area (Å²) in [7, 11) is 0. The molecule has 0 saturated heterocycles. The number of esters is 3. The van der Waals surface area contributed by atoms with Crippen LogP contribution in [0.15, 0.2) is 134 Å². The van der Waals surface area contributed by atoms with Crippen LogP contribution in [-0.2, 0) is 28.6 Å². The monoisotopic (exact) mass is 1120 g/mol. The zero-order chi connectivity index (χ0) is 58.5. The fourth-order valence-electron chi connectivity index (χ4n) is 9.14. The lowest BCUT2D eigenvalue weighted by Crippen LogP contribution is -2.30. The Balaban J connectivity index is 4.39. The van der Waals surface area contributed by atoms with Gasteiger partial charge in [-0.3, -0.25) is 14.4 Å². The molecule has 0 aromatic heterocycles. The predicted molar refractivity (Wildman–Crippen MR) is 353 cm³/mol. The van der Waals surface area contributed by atoms with Crippen LogP contribution in [0.25, 0.3) is 0 Å². The number of allylic oxidation sites excluding steroid dienone is 22. The molecule has 0 amide bonds. The molecule has 1 unspecified atom stereocenters. The van der Waals surface area contributed by atoms with E-state index in [0.29, 0.717) is 19.3 Å². The van der Waals surface area contributed by atoms with E-state index in [-0.39, 0.29) is 31.1 Å². The zero-order valence-electron chi connectivity index (χ0n) is 52.8. The van der Waals surface area contributed by atoms with Gasteiger partial charge in [0.15, 0.2) is 6.10 Å². The fourth-order valence-corrected chi connectivity index (χ4v) is 9.14. The maximum absolute atomic E-state index is 12.9. The van der Waals surface area contributed by atoms with E-state index < -0.39 is 6.10 Å². The average Bonchev–Trinajstić information content (AvgIpc) is 3.47. The van der Waals surface area contributed by atoms with Crippen molar-refractivity contribution >= 4 is 17.9 Å². The van der Waals surface area contributed by atoms with Crippen LogP contribution in [0.1, 0.15) is 303 Å². The zero-order valence-corrected chi connectivity index (χ0v) is 52.8. The highest BCUT2D eigenvalue weighted by molar-refractivity contribution is 5.71. The Labute approximate surface area is 500 Å². The second-order valence-corrected chi connectivity index (χ2v) is 22.0. The molecular formula is C75H124O6. The van der Waals surface area contributed by atoms with Gasteiger partial charge in [-0.15, -0.1) is 0 Å². The maximum atomic E-state index is 12.9. The third-order valence-electron chi connectivity index (χ3n) is 14.1. The van der Waals surface area contributed by atoms with Crippen LogP contribution >= 0.6 is 0 Å². The summed E-state index contributed by atoms with van der Waals surface area (Å²) in [5.74, 6) is -0.917. The number of hydrogen-bond donors (Lipinski definition) is 0. The van der Waals surface area contributed by atoms with E-state index in [1.54, 1.807) is 0 Å². The molecule has 0 N–H and O–H groups in total. The number of rotatable bonds is 60. The molecule has 0 spiro atoms. The van der Waals surface area contributed by atoms with Crippen LogP contribution < -0.4 is 0 Å². The summed E-state index contributed by atoms with van der Waals surface area (Å²) < 4.78 is 16.9. The molecule has 1 atom stereocenters. The highest BCUT2D eigenvalue weighted by Crippen LogP contribution is 2.16. The van der Waals surface area contributed by atoms with E-state index in [2.05, 4.69) is 154 Å². The lowest BCUT2D eigenvalue weighted by Gasteiger charge is -2.18. The molecule has 0 heterocycles.